The molecule has 1 N–H and O–H groups in total. The zero-order valence-electron chi connectivity index (χ0n) is 23.9. The summed E-state index contributed by atoms with van der Waals surface area (Å²) in [7, 11) is -4.17. The number of fused-ring (bicyclic) bond motifs is 1. The Morgan fingerprint density at radius 1 is 0.927 bits per heavy atom. The van der Waals surface area contributed by atoms with Crippen molar-refractivity contribution in [2.24, 2.45) is 0 Å². The van der Waals surface area contributed by atoms with Gasteiger partial charge in [-0.2, -0.15) is 0 Å². The number of nitrogens with zero attached hydrogens (tertiary/aromatic N) is 2. The number of amides is 2. The summed E-state index contributed by atoms with van der Waals surface area (Å²) in [5.74, 6) is 0.101. The number of anilines is 1. The van der Waals surface area contributed by atoms with Crippen LogP contribution in [-0.2, 0) is 26.2 Å². The Hall–Kier alpha value is -4.05. The lowest BCUT2D eigenvalue weighted by atomic mass is 10.1. The molecule has 3 aromatic rings. The molecule has 2 amide bonds. The van der Waals surface area contributed by atoms with E-state index in [9.17, 15) is 18.0 Å². The van der Waals surface area contributed by atoms with Gasteiger partial charge in [-0.25, -0.2) is 8.42 Å². The Bertz CT molecular complexity index is 1480. The van der Waals surface area contributed by atoms with Crippen LogP contribution in [0.5, 0.6) is 11.5 Å². The summed E-state index contributed by atoms with van der Waals surface area (Å²) < 4.78 is 40.4. The summed E-state index contributed by atoms with van der Waals surface area (Å²) in [6.45, 7) is 7.83. The van der Waals surface area contributed by atoms with Gasteiger partial charge in [0.1, 0.15) is 25.8 Å². The lowest BCUT2D eigenvalue weighted by Gasteiger charge is -2.34. The third kappa shape index (κ3) is 7.00. The van der Waals surface area contributed by atoms with Crippen molar-refractivity contribution >= 4 is 27.5 Å². The summed E-state index contributed by atoms with van der Waals surface area (Å²) in [5, 5.41) is 2.91. The van der Waals surface area contributed by atoms with E-state index < -0.39 is 28.5 Å². The van der Waals surface area contributed by atoms with Crippen molar-refractivity contribution in [2.45, 2.75) is 57.6 Å². The lowest BCUT2D eigenvalue weighted by molar-refractivity contribution is -0.140. The second-order valence-electron chi connectivity index (χ2n) is 10.2. The van der Waals surface area contributed by atoms with E-state index in [0.29, 0.717) is 31.1 Å². The molecule has 9 nitrogen and oxygen atoms in total. The highest BCUT2D eigenvalue weighted by Gasteiger charge is 2.34. The predicted octanol–water partition coefficient (Wildman–Crippen LogP) is 4.29. The number of aryl methyl sites for hydroxylation is 1. The minimum Gasteiger partial charge on any atom is -0.486 e. The minimum absolute atomic E-state index is 0.0396. The highest BCUT2D eigenvalue weighted by atomic mass is 32.2. The van der Waals surface area contributed by atoms with E-state index in [4.69, 9.17) is 9.47 Å². The third-order valence-corrected chi connectivity index (χ3v) is 8.63. The predicted molar refractivity (Wildman–Crippen MR) is 157 cm³/mol. The highest BCUT2D eigenvalue weighted by Crippen LogP contribution is 2.36. The first-order valence-electron chi connectivity index (χ1n) is 13.7. The lowest BCUT2D eigenvalue weighted by Crippen LogP contribution is -2.53. The Labute approximate surface area is 242 Å². The summed E-state index contributed by atoms with van der Waals surface area (Å²) in [4.78, 5) is 29.0. The van der Waals surface area contributed by atoms with Crippen LogP contribution in [0.4, 0.5) is 5.69 Å². The van der Waals surface area contributed by atoms with Gasteiger partial charge in [-0.3, -0.25) is 13.9 Å². The van der Waals surface area contributed by atoms with Crippen LogP contribution in [0.25, 0.3) is 0 Å². The second-order valence-corrected chi connectivity index (χ2v) is 12.1. The third-order valence-electron chi connectivity index (χ3n) is 6.84. The van der Waals surface area contributed by atoms with Crippen LogP contribution in [0.1, 0.15) is 38.3 Å². The van der Waals surface area contributed by atoms with E-state index in [-0.39, 0.29) is 29.1 Å². The fourth-order valence-electron chi connectivity index (χ4n) is 4.71. The molecule has 0 fully saturated rings. The SMILES string of the molecule is CCC(C(=O)NC(C)C)N(Cc1ccccc1C)C(=O)CN(c1ccc2c(c1)OCCO2)S(=O)(=O)c1ccccc1. The maximum absolute atomic E-state index is 14.2. The molecule has 1 aliphatic rings. The van der Waals surface area contributed by atoms with E-state index >= 15 is 0 Å². The average molecular weight is 580 g/mol. The largest absolute Gasteiger partial charge is 0.486 e. The van der Waals surface area contributed by atoms with Gasteiger partial charge in [-0.1, -0.05) is 49.4 Å². The van der Waals surface area contributed by atoms with Gasteiger partial charge in [0.05, 0.1) is 10.6 Å². The van der Waals surface area contributed by atoms with E-state index in [1.807, 2.05) is 52.0 Å². The molecule has 218 valence electrons. The molecule has 1 unspecified atom stereocenters. The van der Waals surface area contributed by atoms with Crippen molar-refractivity contribution in [2.75, 3.05) is 24.1 Å². The highest BCUT2D eigenvalue weighted by molar-refractivity contribution is 7.92. The molecule has 1 aliphatic heterocycles. The van der Waals surface area contributed by atoms with Crippen molar-refractivity contribution in [1.29, 1.82) is 0 Å². The monoisotopic (exact) mass is 579 g/mol. The Balaban J connectivity index is 1.77. The molecule has 0 spiro atoms. The fraction of sp³-hybridized carbons (Fsp3) is 0.355. The van der Waals surface area contributed by atoms with Gasteiger partial charge in [-0.15, -0.1) is 0 Å². The summed E-state index contributed by atoms with van der Waals surface area (Å²) in [6, 6.07) is 19.5. The van der Waals surface area contributed by atoms with Crippen LogP contribution in [-0.4, -0.2) is 57.0 Å². The number of sulfonamides is 1. The van der Waals surface area contributed by atoms with Crippen molar-refractivity contribution < 1.29 is 27.5 Å². The molecule has 0 saturated heterocycles. The number of benzene rings is 3. The van der Waals surface area contributed by atoms with Gasteiger partial charge >= 0.3 is 0 Å². The molecular weight excluding hydrogens is 542 g/mol. The molecule has 10 heteroatoms. The molecule has 0 aromatic heterocycles. The Kier molecular flexibility index (Phi) is 9.54. The van der Waals surface area contributed by atoms with Crippen LogP contribution < -0.4 is 19.1 Å². The summed E-state index contributed by atoms with van der Waals surface area (Å²) in [5.41, 5.74) is 2.08. The molecule has 1 atom stereocenters. The van der Waals surface area contributed by atoms with Crippen molar-refractivity contribution in [3.8, 4) is 11.5 Å². The number of hydrogen-bond acceptors (Lipinski definition) is 6. The summed E-state index contributed by atoms with van der Waals surface area (Å²) >= 11 is 0. The van der Waals surface area contributed by atoms with Crippen LogP contribution in [0.15, 0.2) is 77.7 Å². The second kappa shape index (κ2) is 13.1. The summed E-state index contributed by atoms with van der Waals surface area (Å²) in [6.07, 6.45) is 0.353. The molecule has 41 heavy (non-hydrogen) atoms. The van der Waals surface area contributed by atoms with Crippen LogP contribution in [0.2, 0.25) is 0 Å². The zero-order chi connectivity index (χ0) is 29.6. The first-order valence-corrected chi connectivity index (χ1v) is 15.2. The standard InChI is InChI=1S/C31H37N3O6S/c1-5-27(31(36)32-22(2)3)33(20-24-12-10-9-11-23(24)4)30(35)21-34(41(37,38)26-13-7-6-8-14-26)25-15-16-28-29(19-25)40-18-17-39-28/h6-16,19,22,27H,5,17-18,20-21H2,1-4H3,(H,32,36). The van der Waals surface area contributed by atoms with Gasteiger partial charge < -0.3 is 19.7 Å². The maximum atomic E-state index is 14.2. The molecule has 1 heterocycles. The van der Waals surface area contributed by atoms with Gasteiger partial charge in [0.15, 0.2) is 11.5 Å². The van der Waals surface area contributed by atoms with E-state index in [1.54, 1.807) is 36.4 Å². The number of ether oxygens (including phenoxy) is 2. The molecule has 3 aromatic carbocycles. The van der Waals surface area contributed by atoms with Crippen molar-refractivity contribution in [3.63, 3.8) is 0 Å². The van der Waals surface area contributed by atoms with Crippen LogP contribution in [0, 0.1) is 6.92 Å². The number of carbonyl (C=O) groups is 2. The van der Waals surface area contributed by atoms with Gasteiger partial charge in [0, 0.05) is 18.7 Å². The molecular formula is C31H37N3O6S. The van der Waals surface area contributed by atoms with E-state index in [0.717, 1.165) is 15.4 Å². The molecule has 0 bridgehead atoms. The molecule has 4 rings (SSSR count). The van der Waals surface area contributed by atoms with Gasteiger partial charge in [-0.05, 0) is 62.6 Å². The maximum Gasteiger partial charge on any atom is 0.264 e. The number of carbonyl (C=O) groups excluding carboxylic acids is 2. The van der Waals surface area contributed by atoms with Gasteiger partial charge in [0.2, 0.25) is 11.8 Å². The van der Waals surface area contributed by atoms with Gasteiger partial charge in [0.25, 0.3) is 10.0 Å². The number of hydrogen-bond donors (Lipinski definition) is 1. The number of nitrogens with one attached hydrogen (secondary N) is 1. The van der Waals surface area contributed by atoms with Crippen LogP contribution >= 0.6 is 0 Å². The normalized spacial score (nSPS) is 13.4. The first-order chi connectivity index (χ1) is 19.6. The van der Waals surface area contributed by atoms with Crippen LogP contribution in [0.3, 0.4) is 0 Å². The van der Waals surface area contributed by atoms with E-state index in [2.05, 4.69) is 5.32 Å². The quantitative estimate of drug-likeness (QED) is 0.363. The van der Waals surface area contributed by atoms with Crippen molar-refractivity contribution in [3.05, 3.63) is 83.9 Å². The fourth-order valence-corrected chi connectivity index (χ4v) is 6.13. The Morgan fingerprint density at radius 3 is 2.24 bits per heavy atom. The Morgan fingerprint density at radius 2 is 1.59 bits per heavy atom. The van der Waals surface area contributed by atoms with Crippen molar-refractivity contribution in [1.82, 2.24) is 10.2 Å². The molecule has 0 saturated carbocycles. The van der Waals surface area contributed by atoms with E-state index in [1.165, 1.54) is 17.0 Å². The number of rotatable bonds is 11. The average Bonchev–Trinajstić information content (AvgIpc) is 2.96. The molecule has 0 aliphatic carbocycles. The zero-order valence-corrected chi connectivity index (χ0v) is 24.7. The minimum atomic E-state index is -4.17. The molecule has 0 radical (unpaired) electrons. The smallest absolute Gasteiger partial charge is 0.264 e. The first kappa shape index (κ1) is 29.9. The topological polar surface area (TPSA) is 105 Å².